The number of nitrogen functional groups attached to an aromatic ring is 1. The molecule has 2 rings (SSSR count). The molecule has 8 heteroatoms. The molecule has 0 spiro atoms. The van der Waals surface area contributed by atoms with Crippen LogP contribution in [0, 0.1) is 0 Å². The number of rotatable bonds is 4. The van der Waals surface area contributed by atoms with Gasteiger partial charge in [0.05, 0.1) is 10.9 Å². The third kappa shape index (κ3) is 3.44. The Hall–Kier alpha value is -1.25. The predicted octanol–water partition coefficient (Wildman–Crippen LogP) is -0.0854. The molecule has 112 valence electrons. The highest BCUT2D eigenvalue weighted by Gasteiger charge is 2.29. The fraction of sp³-hybridized carbons (Fsp3) is 0.667. The van der Waals surface area contributed by atoms with Crippen molar-refractivity contribution < 1.29 is 8.42 Å². The lowest BCUT2D eigenvalue weighted by molar-refractivity contribution is 0.179. The van der Waals surface area contributed by atoms with Gasteiger partial charge < -0.3 is 5.73 Å². The van der Waals surface area contributed by atoms with Crippen LogP contribution in [0.1, 0.15) is 19.5 Å². The second kappa shape index (κ2) is 6.02. The van der Waals surface area contributed by atoms with E-state index >= 15 is 0 Å². The second-order valence-corrected chi connectivity index (χ2v) is 7.71. The topological polar surface area (TPSA) is 92.4 Å². The Morgan fingerprint density at radius 2 is 1.85 bits per heavy atom. The zero-order valence-electron chi connectivity index (χ0n) is 11.9. The number of sulfonamides is 1. The zero-order chi connectivity index (χ0) is 14.8. The van der Waals surface area contributed by atoms with E-state index in [1.54, 1.807) is 24.2 Å². The van der Waals surface area contributed by atoms with Gasteiger partial charge in [0.25, 0.3) is 0 Å². The lowest BCUT2D eigenvalue weighted by Crippen LogP contribution is -2.50. The van der Waals surface area contributed by atoms with Gasteiger partial charge in [-0.05, 0) is 26.0 Å². The van der Waals surface area contributed by atoms with Crippen LogP contribution in [-0.2, 0) is 16.6 Å². The van der Waals surface area contributed by atoms with Gasteiger partial charge in [-0.3, -0.25) is 4.90 Å². The summed E-state index contributed by atoms with van der Waals surface area (Å²) in [5, 5.41) is 7.47. The van der Waals surface area contributed by atoms with E-state index < -0.39 is 10.0 Å². The molecule has 20 heavy (non-hydrogen) atoms. The Kier molecular flexibility index (Phi) is 4.56. The van der Waals surface area contributed by atoms with E-state index in [2.05, 4.69) is 15.1 Å². The molecule has 7 nitrogen and oxygen atoms in total. The van der Waals surface area contributed by atoms with Crippen molar-refractivity contribution >= 4 is 15.8 Å². The van der Waals surface area contributed by atoms with Gasteiger partial charge in [0.1, 0.15) is 5.82 Å². The van der Waals surface area contributed by atoms with Gasteiger partial charge >= 0.3 is 0 Å². The van der Waals surface area contributed by atoms with Crippen molar-refractivity contribution in [1.29, 1.82) is 0 Å². The molecule has 0 bridgehead atoms. The van der Waals surface area contributed by atoms with E-state index in [4.69, 9.17) is 5.73 Å². The van der Waals surface area contributed by atoms with Crippen LogP contribution in [0.3, 0.4) is 0 Å². The number of piperazine rings is 1. The van der Waals surface area contributed by atoms with Crippen molar-refractivity contribution in [2.24, 2.45) is 0 Å². The summed E-state index contributed by atoms with van der Waals surface area (Å²) in [7, 11) is -3.14. The van der Waals surface area contributed by atoms with Gasteiger partial charge in [-0.2, -0.15) is 9.40 Å². The van der Waals surface area contributed by atoms with Crippen LogP contribution in [0.15, 0.2) is 12.1 Å². The molecule has 1 aromatic heterocycles. The summed E-state index contributed by atoms with van der Waals surface area (Å²) in [6.07, 6.45) is 0. The van der Waals surface area contributed by atoms with Crippen molar-refractivity contribution in [3.63, 3.8) is 0 Å². The average Bonchev–Trinajstić information content (AvgIpc) is 2.42. The number of hydrogen-bond donors (Lipinski definition) is 1. The predicted molar refractivity (Wildman–Crippen MR) is 77.4 cm³/mol. The largest absolute Gasteiger partial charge is 0.382 e. The van der Waals surface area contributed by atoms with Gasteiger partial charge in [0, 0.05) is 32.7 Å². The Balaban J connectivity index is 1.90. The molecule has 0 unspecified atom stereocenters. The van der Waals surface area contributed by atoms with Crippen LogP contribution in [0.5, 0.6) is 0 Å². The maximum Gasteiger partial charge on any atom is 0.216 e. The van der Waals surface area contributed by atoms with Gasteiger partial charge in [-0.25, -0.2) is 8.42 Å². The standard InChI is InChI=1S/C12H21N5O2S/c1-10(2)20(18,19)17-7-5-16(6-8-17)9-11-3-4-12(13)15-14-11/h3-4,10H,5-9H2,1-2H3,(H2,13,15). The monoisotopic (exact) mass is 299 g/mol. The molecule has 0 aromatic carbocycles. The van der Waals surface area contributed by atoms with Crippen molar-refractivity contribution in [1.82, 2.24) is 19.4 Å². The first-order valence-electron chi connectivity index (χ1n) is 6.69. The summed E-state index contributed by atoms with van der Waals surface area (Å²) >= 11 is 0. The molecular formula is C12H21N5O2S. The molecule has 1 saturated heterocycles. The first-order chi connectivity index (χ1) is 9.39. The maximum absolute atomic E-state index is 12.1. The SMILES string of the molecule is CC(C)S(=O)(=O)N1CCN(Cc2ccc(N)nn2)CC1. The Morgan fingerprint density at radius 1 is 1.20 bits per heavy atom. The molecule has 1 aromatic rings. The van der Waals surface area contributed by atoms with Crippen molar-refractivity contribution in [3.05, 3.63) is 17.8 Å². The van der Waals surface area contributed by atoms with Crippen LogP contribution in [0.25, 0.3) is 0 Å². The summed E-state index contributed by atoms with van der Waals surface area (Å²) in [5.74, 6) is 0.404. The van der Waals surface area contributed by atoms with E-state index in [1.165, 1.54) is 0 Å². The number of anilines is 1. The summed E-state index contributed by atoms with van der Waals surface area (Å²) in [6.45, 7) is 6.57. The third-order valence-corrected chi connectivity index (χ3v) is 5.69. The second-order valence-electron chi connectivity index (χ2n) is 5.22. The van der Waals surface area contributed by atoms with E-state index in [0.717, 1.165) is 5.69 Å². The fourth-order valence-corrected chi connectivity index (χ4v) is 3.39. The number of nitrogens with two attached hydrogens (primary N) is 1. The lowest BCUT2D eigenvalue weighted by Gasteiger charge is -2.34. The highest BCUT2D eigenvalue weighted by molar-refractivity contribution is 7.89. The minimum absolute atomic E-state index is 0.364. The van der Waals surface area contributed by atoms with Gasteiger partial charge in [-0.15, -0.1) is 5.10 Å². The Morgan fingerprint density at radius 3 is 2.35 bits per heavy atom. The third-order valence-electron chi connectivity index (χ3n) is 3.41. The lowest BCUT2D eigenvalue weighted by atomic mass is 10.3. The van der Waals surface area contributed by atoms with E-state index in [1.807, 2.05) is 6.07 Å². The van der Waals surface area contributed by atoms with E-state index in [0.29, 0.717) is 38.5 Å². The van der Waals surface area contributed by atoms with Gasteiger partial charge in [0.15, 0.2) is 0 Å². The van der Waals surface area contributed by atoms with Gasteiger partial charge in [0.2, 0.25) is 10.0 Å². The normalized spacial score (nSPS) is 18.6. The van der Waals surface area contributed by atoms with Crippen molar-refractivity contribution in [2.45, 2.75) is 25.6 Å². The first-order valence-corrected chi connectivity index (χ1v) is 8.19. The maximum atomic E-state index is 12.1. The van der Waals surface area contributed by atoms with Crippen LogP contribution < -0.4 is 5.73 Å². The van der Waals surface area contributed by atoms with E-state index in [9.17, 15) is 8.42 Å². The summed E-state index contributed by atoms with van der Waals surface area (Å²) in [6, 6.07) is 3.57. The molecule has 0 radical (unpaired) electrons. The number of nitrogens with zero attached hydrogens (tertiary/aromatic N) is 4. The highest BCUT2D eigenvalue weighted by atomic mass is 32.2. The molecule has 0 aliphatic carbocycles. The van der Waals surface area contributed by atoms with Crippen LogP contribution in [0.4, 0.5) is 5.82 Å². The number of hydrogen-bond acceptors (Lipinski definition) is 6. The molecule has 0 amide bonds. The molecule has 1 aliphatic rings. The fourth-order valence-electron chi connectivity index (χ4n) is 2.12. The van der Waals surface area contributed by atoms with Crippen LogP contribution in [-0.4, -0.2) is 59.2 Å². The molecule has 1 aliphatic heterocycles. The smallest absolute Gasteiger partial charge is 0.216 e. The summed E-state index contributed by atoms with van der Waals surface area (Å²) in [4.78, 5) is 2.17. The highest BCUT2D eigenvalue weighted by Crippen LogP contribution is 2.13. The van der Waals surface area contributed by atoms with Crippen LogP contribution >= 0.6 is 0 Å². The van der Waals surface area contributed by atoms with E-state index in [-0.39, 0.29) is 5.25 Å². The quantitative estimate of drug-likeness (QED) is 0.835. The Bertz CT molecular complexity index is 535. The molecular weight excluding hydrogens is 278 g/mol. The minimum atomic E-state index is -3.14. The molecule has 2 N–H and O–H groups in total. The van der Waals surface area contributed by atoms with Gasteiger partial charge in [-0.1, -0.05) is 0 Å². The van der Waals surface area contributed by atoms with Crippen molar-refractivity contribution in [3.8, 4) is 0 Å². The minimum Gasteiger partial charge on any atom is -0.382 e. The average molecular weight is 299 g/mol. The first kappa shape index (κ1) is 15.1. The molecule has 0 saturated carbocycles. The van der Waals surface area contributed by atoms with Crippen molar-refractivity contribution in [2.75, 3.05) is 31.9 Å². The molecule has 0 atom stereocenters. The van der Waals surface area contributed by atoms with Crippen LogP contribution in [0.2, 0.25) is 0 Å². The molecule has 1 fully saturated rings. The number of aromatic nitrogens is 2. The summed E-state index contributed by atoms with van der Waals surface area (Å²) in [5.41, 5.74) is 6.34. The molecule has 2 heterocycles. The summed E-state index contributed by atoms with van der Waals surface area (Å²) < 4.78 is 25.7. The zero-order valence-corrected chi connectivity index (χ0v) is 12.7. The Labute approximate surface area is 119 Å².